The van der Waals surface area contributed by atoms with Crippen LogP contribution in [0.15, 0.2) is 35.7 Å². The first-order valence-corrected chi connectivity index (χ1v) is 8.27. The molecule has 0 radical (unpaired) electrons. The Morgan fingerprint density at radius 1 is 1.18 bits per heavy atom. The topological polar surface area (TPSA) is 49.4 Å². The van der Waals surface area contributed by atoms with Crippen molar-refractivity contribution in [2.75, 3.05) is 18.4 Å². The molecule has 2 heterocycles. The van der Waals surface area contributed by atoms with Gasteiger partial charge < -0.3 is 10.2 Å². The van der Waals surface area contributed by atoms with Crippen LogP contribution in [0.1, 0.15) is 9.67 Å². The monoisotopic (exact) mass is 354 g/mol. The minimum Gasteiger partial charge on any atom is -0.336 e. The molecule has 2 amide bonds. The van der Waals surface area contributed by atoms with Crippen molar-refractivity contribution in [3.63, 3.8) is 0 Å². The smallest absolute Gasteiger partial charge is 0.263 e. The Bertz CT molecular complexity index is 712. The minimum atomic E-state index is -0.223. The van der Waals surface area contributed by atoms with Crippen molar-refractivity contribution in [3.8, 4) is 0 Å². The van der Waals surface area contributed by atoms with Crippen LogP contribution < -0.4 is 5.32 Å². The first-order chi connectivity index (χ1) is 10.6. The van der Waals surface area contributed by atoms with Gasteiger partial charge in [-0.2, -0.15) is 0 Å². The zero-order chi connectivity index (χ0) is 15.7. The molecule has 4 nitrogen and oxygen atoms in total. The minimum absolute atomic E-state index is 0.0279. The maximum atomic E-state index is 12.2. The molecule has 1 N–H and O–H groups in total. The summed E-state index contributed by atoms with van der Waals surface area (Å²) in [6, 6.07) is 8.69. The van der Waals surface area contributed by atoms with Gasteiger partial charge in [0.25, 0.3) is 5.91 Å². The van der Waals surface area contributed by atoms with Gasteiger partial charge in [-0.25, -0.2) is 0 Å². The van der Waals surface area contributed by atoms with Crippen LogP contribution in [0.5, 0.6) is 0 Å². The van der Waals surface area contributed by atoms with Crippen LogP contribution in [0.2, 0.25) is 10.0 Å². The number of likely N-dealkylation sites (tertiary alicyclic amines) is 1. The molecule has 0 spiro atoms. The largest absolute Gasteiger partial charge is 0.336 e. The molecule has 1 aromatic carbocycles. The molecule has 1 aliphatic heterocycles. The van der Waals surface area contributed by atoms with Crippen molar-refractivity contribution >= 4 is 52.0 Å². The maximum absolute atomic E-state index is 12.2. The molecule has 3 rings (SSSR count). The summed E-state index contributed by atoms with van der Waals surface area (Å²) in [6.07, 6.45) is 0. The van der Waals surface area contributed by atoms with Crippen molar-refractivity contribution < 1.29 is 9.59 Å². The second kappa shape index (κ2) is 6.28. The van der Waals surface area contributed by atoms with Crippen molar-refractivity contribution in [3.05, 3.63) is 50.6 Å². The molecule has 2 aromatic rings. The zero-order valence-corrected chi connectivity index (χ0v) is 13.7. The summed E-state index contributed by atoms with van der Waals surface area (Å²) in [5.74, 6) is -0.404. The zero-order valence-electron chi connectivity index (χ0n) is 11.4. The molecule has 0 bridgehead atoms. The molecule has 22 heavy (non-hydrogen) atoms. The van der Waals surface area contributed by atoms with Crippen molar-refractivity contribution in [2.24, 2.45) is 5.92 Å². The standard InChI is InChI=1S/C15H12Cl2N2O2S/c16-10-3-1-4-11(13(10)17)18-14(20)9-7-19(8-9)15(21)12-5-2-6-22-12/h1-6,9H,7-8H2,(H,18,20). The highest BCUT2D eigenvalue weighted by Gasteiger charge is 2.36. The van der Waals surface area contributed by atoms with E-state index >= 15 is 0 Å². The molecule has 0 atom stereocenters. The van der Waals surface area contributed by atoms with Gasteiger partial charge in [0, 0.05) is 13.1 Å². The van der Waals surface area contributed by atoms with E-state index in [1.54, 1.807) is 29.2 Å². The van der Waals surface area contributed by atoms with E-state index in [0.717, 1.165) is 0 Å². The molecule has 1 aliphatic rings. The van der Waals surface area contributed by atoms with Gasteiger partial charge in [0.2, 0.25) is 5.91 Å². The van der Waals surface area contributed by atoms with E-state index in [2.05, 4.69) is 5.32 Å². The number of nitrogens with zero attached hydrogens (tertiary/aromatic N) is 1. The quantitative estimate of drug-likeness (QED) is 0.911. The molecular weight excluding hydrogens is 343 g/mol. The average molecular weight is 355 g/mol. The lowest BCUT2D eigenvalue weighted by Gasteiger charge is -2.37. The van der Waals surface area contributed by atoms with Crippen LogP contribution in [0.3, 0.4) is 0 Å². The lowest BCUT2D eigenvalue weighted by atomic mass is 9.98. The number of halogens is 2. The van der Waals surface area contributed by atoms with E-state index < -0.39 is 0 Å². The van der Waals surface area contributed by atoms with E-state index in [4.69, 9.17) is 23.2 Å². The van der Waals surface area contributed by atoms with E-state index in [1.807, 2.05) is 11.4 Å². The Hall–Kier alpha value is -1.56. The highest BCUT2D eigenvalue weighted by Crippen LogP contribution is 2.30. The number of thiophene rings is 1. The predicted molar refractivity (Wildman–Crippen MR) is 88.8 cm³/mol. The summed E-state index contributed by atoms with van der Waals surface area (Å²) in [6.45, 7) is 0.835. The summed E-state index contributed by atoms with van der Waals surface area (Å²) in [4.78, 5) is 26.6. The lowest BCUT2D eigenvalue weighted by molar-refractivity contribution is -0.123. The average Bonchev–Trinajstić information content (AvgIpc) is 2.96. The normalized spacial score (nSPS) is 14.5. The van der Waals surface area contributed by atoms with Gasteiger partial charge in [0.15, 0.2) is 0 Å². The van der Waals surface area contributed by atoms with Gasteiger partial charge in [0.1, 0.15) is 0 Å². The van der Waals surface area contributed by atoms with Gasteiger partial charge in [0.05, 0.1) is 26.5 Å². The fourth-order valence-electron chi connectivity index (χ4n) is 2.20. The summed E-state index contributed by atoms with van der Waals surface area (Å²) in [7, 11) is 0. The number of amides is 2. The number of hydrogen-bond acceptors (Lipinski definition) is 3. The first-order valence-electron chi connectivity index (χ1n) is 6.64. The molecule has 1 aromatic heterocycles. The fraction of sp³-hybridized carbons (Fsp3) is 0.200. The predicted octanol–water partition coefficient (Wildman–Crippen LogP) is 3.77. The Morgan fingerprint density at radius 3 is 2.64 bits per heavy atom. The Kier molecular flexibility index (Phi) is 4.38. The molecule has 0 aliphatic carbocycles. The third kappa shape index (κ3) is 2.97. The molecule has 1 saturated heterocycles. The van der Waals surface area contributed by atoms with Crippen molar-refractivity contribution in [1.82, 2.24) is 4.90 Å². The molecule has 0 saturated carbocycles. The van der Waals surface area contributed by atoms with Crippen LogP contribution in [-0.2, 0) is 4.79 Å². The lowest BCUT2D eigenvalue weighted by Crippen LogP contribution is -2.54. The molecule has 114 valence electrons. The third-order valence-electron chi connectivity index (χ3n) is 3.48. The van der Waals surface area contributed by atoms with Crippen LogP contribution in [0.25, 0.3) is 0 Å². The van der Waals surface area contributed by atoms with Gasteiger partial charge >= 0.3 is 0 Å². The SMILES string of the molecule is O=C(Nc1cccc(Cl)c1Cl)C1CN(C(=O)c2cccs2)C1. The number of hydrogen-bond donors (Lipinski definition) is 1. The molecule has 0 unspecified atom stereocenters. The highest BCUT2D eigenvalue weighted by molar-refractivity contribution is 7.12. The van der Waals surface area contributed by atoms with Gasteiger partial charge in [-0.1, -0.05) is 35.3 Å². The summed E-state index contributed by atoms with van der Waals surface area (Å²) in [5.41, 5.74) is 0.488. The molecule has 7 heteroatoms. The van der Waals surface area contributed by atoms with E-state index in [9.17, 15) is 9.59 Å². The Morgan fingerprint density at radius 2 is 1.95 bits per heavy atom. The van der Waals surface area contributed by atoms with Crippen molar-refractivity contribution in [1.29, 1.82) is 0 Å². The van der Waals surface area contributed by atoms with Crippen LogP contribution >= 0.6 is 34.5 Å². The Balaban J connectivity index is 1.58. The second-order valence-corrected chi connectivity index (χ2v) is 6.71. The van der Waals surface area contributed by atoms with E-state index in [1.165, 1.54) is 11.3 Å². The molecular formula is C15H12Cl2N2O2S. The Labute approximate surface area is 141 Å². The number of benzene rings is 1. The van der Waals surface area contributed by atoms with Gasteiger partial charge in [-0.15, -0.1) is 11.3 Å². The summed E-state index contributed by atoms with van der Waals surface area (Å²) in [5, 5.41) is 5.33. The highest BCUT2D eigenvalue weighted by atomic mass is 35.5. The maximum Gasteiger partial charge on any atom is 0.263 e. The van der Waals surface area contributed by atoms with E-state index in [-0.39, 0.29) is 17.7 Å². The van der Waals surface area contributed by atoms with Crippen LogP contribution in [0, 0.1) is 5.92 Å². The number of carbonyl (C=O) groups excluding carboxylic acids is 2. The third-order valence-corrected chi connectivity index (χ3v) is 5.16. The van der Waals surface area contributed by atoms with E-state index in [0.29, 0.717) is 33.7 Å². The fourth-order valence-corrected chi connectivity index (χ4v) is 3.24. The van der Waals surface area contributed by atoms with Crippen molar-refractivity contribution in [2.45, 2.75) is 0 Å². The first kappa shape index (κ1) is 15.3. The second-order valence-electron chi connectivity index (χ2n) is 4.97. The summed E-state index contributed by atoms with van der Waals surface area (Å²) >= 11 is 13.4. The van der Waals surface area contributed by atoms with Gasteiger partial charge in [-0.3, -0.25) is 9.59 Å². The van der Waals surface area contributed by atoms with Crippen LogP contribution in [-0.4, -0.2) is 29.8 Å². The summed E-state index contributed by atoms with van der Waals surface area (Å²) < 4.78 is 0. The van der Waals surface area contributed by atoms with Gasteiger partial charge in [-0.05, 0) is 23.6 Å². The number of anilines is 1. The number of carbonyl (C=O) groups is 2. The van der Waals surface area contributed by atoms with Crippen LogP contribution in [0.4, 0.5) is 5.69 Å². The number of rotatable bonds is 3. The molecule has 1 fully saturated rings. The number of nitrogens with one attached hydrogen (secondary N) is 1.